The molecule has 0 saturated heterocycles. The molecule has 0 amide bonds. The summed E-state index contributed by atoms with van der Waals surface area (Å²) < 4.78 is 0. The quantitative estimate of drug-likeness (QED) is 0.418. The summed E-state index contributed by atoms with van der Waals surface area (Å²) in [6, 6.07) is 3.97. The number of aromatic nitrogens is 1. The second kappa shape index (κ2) is 1.79. The van der Waals surface area contributed by atoms with Crippen LogP contribution in [0.5, 0.6) is 0 Å². The Hall–Kier alpha value is -0.920. The summed E-state index contributed by atoms with van der Waals surface area (Å²) in [5, 5.41) is 5.87. The van der Waals surface area contributed by atoms with E-state index >= 15 is 0 Å². The van der Waals surface area contributed by atoms with Gasteiger partial charge in [0.05, 0.1) is 0 Å². The third kappa shape index (κ3) is 0.707. The zero-order valence-electron chi connectivity index (χ0n) is 4.63. The molecular formula is C6H5N2S-. The highest BCUT2D eigenvalue weighted by molar-refractivity contribution is 7.68. The Morgan fingerprint density at radius 1 is 1.67 bits per heavy atom. The van der Waals surface area contributed by atoms with Crippen molar-refractivity contribution in [3.8, 4) is 5.31 Å². The second-order valence-electron chi connectivity index (χ2n) is 1.72. The van der Waals surface area contributed by atoms with Crippen LogP contribution in [0.4, 0.5) is 5.82 Å². The maximum absolute atomic E-state index is 4.08. The standard InChI is InChI=1S/C6H5N2S/c1-2-5-6(7-3-1)8-4-9-5/h1-3,9H,(H,7,8)/q-1. The first-order valence-electron chi connectivity index (χ1n) is 2.63. The van der Waals surface area contributed by atoms with Crippen LogP contribution in [-0.2, 0) is 11.2 Å². The summed E-state index contributed by atoms with van der Waals surface area (Å²) in [6.45, 7) is 0. The number of thiol groups is 1. The van der Waals surface area contributed by atoms with Gasteiger partial charge in [-0.2, -0.15) is 5.31 Å². The normalized spacial score (nSPS) is 12.9. The van der Waals surface area contributed by atoms with Crippen molar-refractivity contribution in [3.63, 3.8) is 0 Å². The molecule has 0 aliphatic carbocycles. The van der Waals surface area contributed by atoms with E-state index in [1.807, 2.05) is 12.1 Å². The van der Waals surface area contributed by atoms with Gasteiger partial charge in [-0.3, -0.25) is 0 Å². The number of nitrogens with zero attached hydrogens (tertiary/aromatic N) is 1. The Kier molecular flexibility index (Phi) is 0.979. The molecule has 9 heavy (non-hydrogen) atoms. The van der Waals surface area contributed by atoms with E-state index in [1.165, 1.54) is 4.90 Å². The number of hydrogen-bond acceptors (Lipinski definition) is 3. The van der Waals surface area contributed by atoms with Crippen LogP contribution in [0, 0.1) is 5.31 Å². The van der Waals surface area contributed by atoms with Crippen LogP contribution < -0.4 is 5.32 Å². The zero-order chi connectivity index (χ0) is 6.10. The molecule has 2 heterocycles. The average Bonchev–Trinajstić information content (AvgIpc) is 2.33. The van der Waals surface area contributed by atoms with Crippen molar-refractivity contribution in [1.82, 2.24) is 4.98 Å². The minimum Gasteiger partial charge on any atom is -0.416 e. The Morgan fingerprint density at radius 2 is 2.67 bits per heavy atom. The van der Waals surface area contributed by atoms with Gasteiger partial charge in [-0.25, -0.2) is 4.98 Å². The average molecular weight is 137 g/mol. The molecule has 2 nitrogen and oxygen atoms in total. The first-order valence-corrected chi connectivity index (χ1v) is 3.53. The van der Waals surface area contributed by atoms with Gasteiger partial charge in [0.25, 0.3) is 0 Å². The lowest BCUT2D eigenvalue weighted by Gasteiger charge is -1.99. The molecule has 3 heteroatoms. The van der Waals surface area contributed by atoms with E-state index < -0.39 is 0 Å². The van der Waals surface area contributed by atoms with Crippen LogP contribution >= 0.6 is 0 Å². The van der Waals surface area contributed by atoms with Crippen molar-refractivity contribution in [2.75, 3.05) is 5.32 Å². The summed E-state index contributed by atoms with van der Waals surface area (Å²) in [6.07, 6.45) is 1.77. The van der Waals surface area contributed by atoms with Crippen molar-refractivity contribution in [2.45, 2.75) is 4.90 Å². The minimum absolute atomic E-state index is 0.944. The second-order valence-corrected chi connectivity index (χ2v) is 2.65. The van der Waals surface area contributed by atoms with Crippen LogP contribution in [0.1, 0.15) is 0 Å². The van der Waals surface area contributed by atoms with Gasteiger partial charge in [-0.15, -0.1) is 4.90 Å². The summed E-state index contributed by atoms with van der Waals surface area (Å²) in [7, 11) is 0. The van der Waals surface area contributed by atoms with Gasteiger partial charge in [-0.05, 0) is 6.07 Å². The molecular weight excluding hydrogens is 132 g/mol. The van der Waals surface area contributed by atoms with Crippen LogP contribution in [0.3, 0.4) is 0 Å². The maximum atomic E-state index is 4.08. The third-order valence-electron chi connectivity index (χ3n) is 1.14. The van der Waals surface area contributed by atoms with Gasteiger partial charge in [0.1, 0.15) is 5.82 Å². The van der Waals surface area contributed by atoms with E-state index in [9.17, 15) is 0 Å². The first kappa shape index (κ1) is 4.91. The van der Waals surface area contributed by atoms with Crippen LogP contribution in [0.25, 0.3) is 0 Å². The summed E-state index contributed by atoms with van der Waals surface area (Å²) in [4.78, 5) is 5.28. The molecule has 0 aromatic carbocycles. The zero-order valence-corrected chi connectivity index (χ0v) is 5.52. The topological polar surface area (TPSA) is 24.9 Å². The van der Waals surface area contributed by atoms with Crippen LogP contribution in [0.15, 0.2) is 23.2 Å². The monoisotopic (exact) mass is 137 g/mol. The molecule has 1 aliphatic heterocycles. The minimum atomic E-state index is 0.944. The summed E-state index contributed by atoms with van der Waals surface area (Å²) in [5.41, 5.74) is 0. The van der Waals surface area contributed by atoms with Crippen LogP contribution in [0.2, 0.25) is 0 Å². The van der Waals surface area contributed by atoms with Crippen molar-refractivity contribution >= 4 is 17.0 Å². The molecule has 0 fully saturated rings. The fourth-order valence-electron chi connectivity index (χ4n) is 0.724. The predicted molar refractivity (Wildman–Crippen MR) is 38.8 cm³/mol. The van der Waals surface area contributed by atoms with Crippen molar-refractivity contribution in [1.29, 1.82) is 0 Å². The van der Waals surface area contributed by atoms with Crippen LogP contribution in [-0.4, -0.2) is 4.98 Å². The molecule has 0 saturated carbocycles. The van der Waals surface area contributed by atoms with Gasteiger partial charge in [0.15, 0.2) is 0 Å². The highest BCUT2D eigenvalue weighted by Gasteiger charge is 1.90. The molecule has 1 aromatic heterocycles. The van der Waals surface area contributed by atoms with E-state index in [-0.39, 0.29) is 0 Å². The van der Waals surface area contributed by atoms with Gasteiger partial charge < -0.3 is 16.5 Å². The number of nitrogens with one attached hydrogen (secondary N) is 1. The molecule has 0 atom stereocenters. The molecule has 1 aromatic rings. The van der Waals surface area contributed by atoms with E-state index in [4.69, 9.17) is 0 Å². The Labute approximate surface area is 56.5 Å². The van der Waals surface area contributed by atoms with Gasteiger partial charge in [0.2, 0.25) is 0 Å². The lowest BCUT2D eigenvalue weighted by atomic mass is 10.5. The summed E-state index contributed by atoms with van der Waals surface area (Å²) >= 11 is 1.10. The SMILES string of the molecule is C1#[SH-]c2cccnc2N1. The number of rotatable bonds is 0. The lowest BCUT2D eigenvalue weighted by molar-refractivity contribution is 1.25. The predicted octanol–water partition coefficient (Wildman–Crippen LogP) is 0.598. The van der Waals surface area contributed by atoms with Crippen molar-refractivity contribution in [3.05, 3.63) is 18.3 Å². The third-order valence-corrected chi connectivity index (χ3v) is 1.96. The number of anilines is 1. The molecule has 0 radical (unpaired) electrons. The number of hydrogen-bond donors (Lipinski definition) is 1. The van der Waals surface area contributed by atoms with Crippen molar-refractivity contribution < 1.29 is 0 Å². The van der Waals surface area contributed by atoms with E-state index in [1.54, 1.807) is 6.20 Å². The van der Waals surface area contributed by atoms with Gasteiger partial charge >= 0.3 is 0 Å². The van der Waals surface area contributed by atoms with E-state index in [2.05, 4.69) is 15.6 Å². The number of fused-ring (bicyclic) bond motifs is 1. The van der Waals surface area contributed by atoms with Crippen molar-refractivity contribution in [2.24, 2.45) is 0 Å². The molecule has 0 spiro atoms. The molecule has 46 valence electrons. The Bertz CT molecular complexity index is 297. The smallest absolute Gasteiger partial charge is 0.116 e. The largest absolute Gasteiger partial charge is 0.416 e. The molecule has 0 unspecified atom stereocenters. The highest BCUT2D eigenvalue weighted by atomic mass is 32.1. The number of pyridine rings is 1. The molecule has 2 rings (SSSR count). The highest BCUT2D eigenvalue weighted by Crippen LogP contribution is 2.13. The van der Waals surface area contributed by atoms with E-state index in [0.717, 1.165) is 17.0 Å². The maximum Gasteiger partial charge on any atom is 0.116 e. The van der Waals surface area contributed by atoms with E-state index in [0.29, 0.717) is 0 Å². The summed E-state index contributed by atoms with van der Waals surface area (Å²) in [5.74, 6) is 0.944. The lowest BCUT2D eigenvalue weighted by Crippen LogP contribution is -1.86. The van der Waals surface area contributed by atoms with Gasteiger partial charge in [0, 0.05) is 6.20 Å². The molecule has 1 aliphatic rings. The van der Waals surface area contributed by atoms with Gasteiger partial charge in [-0.1, -0.05) is 6.07 Å². The molecule has 0 bridgehead atoms. The fraction of sp³-hybridized carbons (Fsp3) is 0. The molecule has 1 N–H and O–H groups in total. The Balaban J connectivity index is 2.66. The Morgan fingerprint density at radius 3 is 3.56 bits per heavy atom. The fourth-order valence-corrected chi connectivity index (χ4v) is 1.39. The first-order chi connectivity index (χ1) is 4.47.